The molecule has 2 aliphatic heterocycles. The van der Waals surface area contributed by atoms with Crippen LogP contribution < -0.4 is 5.32 Å². The van der Waals surface area contributed by atoms with Crippen LogP contribution in [0.15, 0.2) is 0 Å². The number of rotatable bonds is 2. The molecule has 2 fully saturated rings. The molecule has 0 bridgehead atoms. The largest absolute Gasteiger partial charge is 0.376 e. The van der Waals surface area contributed by atoms with Crippen LogP contribution in [0.3, 0.4) is 0 Å². The zero-order chi connectivity index (χ0) is 11.7. The van der Waals surface area contributed by atoms with Gasteiger partial charge in [0.15, 0.2) is 0 Å². The van der Waals surface area contributed by atoms with Crippen molar-refractivity contribution < 1.29 is 14.3 Å². The van der Waals surface area contributed by atoms with Crippen molar-refractivity contribution in [3.8, 4) is 0 Å². The first-order valence-electron chi connectivity index (χ1n) is 5.81. The van der Waals surface area contributed by atoms with Gasteiger partial charge in [0.25, 0.3) is 0 Å². The highest BCUT2D eigenvalue weighted by atomic mass is 16.5. The molecule has 2 heterocycles. The molecule has 1 N–H and O–H groups in total. The van der Waals surface area contributed by atoms with Crippen molar-refractivity contribution in [2.75, 3.05) is 13.2 Å². The van der Waals surface area contributed by atoms with Crippen LogP contribution in [0.2, 0.25) is 0 Å². The van der Waals surface area contributed by atoms with Crippen LogP contribution >= 0.6 is 0 Å². The smallest absolute Gasteiger partial charge is 0.245 e. The summed E-state index contributed by atoms with van der Waals surface area (Å²) in [6.07, 6.45) is 2.10. The molecule has 5 nitrogen and oxygen atoms in total. The molecule has 0 aromatic carbocycles. The maximum absolute atomic E-state index is 11.9. The van der Waals surface area contributed by atoms with Gasteiger partial charge in [-0.15, -0.1) is 0 Å². The minimum absolute atomic E-state index is 0.0106. The van der Waals surface area contributed by atoms with Gasteiger partial charge in [0.1, 0.15) is 6.04 Å². The van der Waals surface area contributed by atoms with Gasteiger partial charge in [-0.1, -0.05) is 0 Å². The van der Waals surface area contributed by atoms with Crippen LogP contribution in [0.4, 0.5) is 0 Å². The summed E-state index contributed by atoms with van der Waals surface area (Å²) in [7, 11) is 0. The zero-order valence-electron chi connectivity index (χ0n) is 9.73. The highest BCUT2D eigenvalue weighted by molar-refractivity contribution is 5.94. The molecule has 0 radical (unpaired) electrons. The van der Waals surface area contributed by atoms with Gasteiger partial charge >= 0.3 is 0 Å². The second-order valence-electron chi connectivity index (χ2n) is 4.55. The quantitative estimate of drug-likeness (QED) is 0.715. The van der Waals surface area contributed by atoms with Gasteiger partial charge in [-0.2, -0.15) is 0 Å². The van der Waals surface area contributed by atoms with E-state index in [-0.39, 0.29) is 30.5 Å². The number of nitrogens with zero attached hydrogens (tertiary/aromatic N) is 1. The fraction of sp³-hybridized carbons (Fsp3) is 0.818. The van der Waals surface area contributed by atoms with E-state index < -0.39 is 6.04 Å². The highest BCUT2D eigenvalue weighted by Gasteiger charge is 2.36. The lowest BCUT2D eigenvalue weighted by atomic mass is 10.1. The van der Waals surface area contributed by atoms with E-state index in [9.17, 15) is 9.59 Å². The number of hydrogen-bond donors (Lipinski definition) is 1. The average molecular weight is 226 g/mol. The molecular formula is C11H18N2O3. The molecule has 2 saturated heterocycles. The van der Waals surface area contributed by atoms with Crippen molar-refractivity contribution in [2.24, 2.45) is 0 Å². The standard InChI is InChI=1S/C11H18N2O3/c1-7-11(15)13(6-10(14)12-7)8(2)9-4-3-5-16-9/h7-9H,3-6H2,1-2H3,(H,12,14). The SMILES string of the molecule is CC1NC(=O)CN(C(C)C2CCCO2)C1=O. The molecule has 3 atom stereocenters. The van der Waals surface area contributed by atoms with Gasteiger partial charge in [0.05, 0.1) is 18.7 Å². The molecule has 2 amide bonds. The molecular weight excluding hydrogens is 208 g/mol. The Hall–Kier alpha value is -1.10. The van der Waals surface area contributed by atoms with Crippen molar-refractivity contribution in [2.45, 2.75) is 44.9 Å². The third kappa shape index (κ3) is 2.04. The van der Waals surface area contributed by atoms with Crippen molar-refractivity contribution in [3.05, 3.63) is 0 Å². The average Bonchev–Trinajstić information content (AvgIpc) is 2.75. The van der Waals surface area contributed by atoms with Crippen molar-refractivity contribution in [1.82, 2.24) is 10.2 Å². The molecule has 2 aliphatic rings. The van der Waals surface area contributed by atoms with E-state index in [0.29, 0.717) is 0 Å². The maximum atomic E-state index is 11.9. The van der Waals surface area contributed by atoms with E-state index in [0.717, 1.165) is 19.4 Å². The predicted molar refractivity (Wildman–Crippen MR) is 57.8 cm³/mol. The van der Waals surface area contributed by atoms with Crippen LogP contribution in [0.5, 0.6) is 0 Å². The first-order chi connectivity index (χ1) is 7.59. The molecule has 3 unspecified atom stereocenters. The van der Waals surface area contributed by atoms with E-state index in [2.05, 4.69) is 5.32 Å². The third-order valence-corrected chi connectivity index (χ3v) is 3.34. The summed E-state index contributed by atoms with van der Waals surface area (Å²) in [5.41, 5.74) is 0. The molecule has 0 saturated carbocycles. The van der Waals surface area contributed by atoms with Gasteiger partial charge in [0.2, 0.25) is 11.8 Å². The summed E-state index contributed by atoms with van der Waals surface area (Å²) in [6.45, 7) is 4.59. The van der Waals surface area contributed by atoms with Gasteiger partial charge in [-0.3, -0.25) is 9.59 Å². The lowest BCUT2D eigenvalue weighted by Crippen LogP contribution is -2.60. The fourth-order valence-corrected chi connectivity index (χ4v) is 2.36. The Balaban J connectivity index is 2.05. The Kier molecular flexibility index (Phi) is 3.14. The van der Waals surface area contributed by atoms with Crippen molar-refractivity contribution in [1.29, 1.82) is 0 Å². The molecule has 90 valence electrons. The molecule has 0 spiro atoms. The molecule has 0 aromatic rings. The molecule has 0 aliphatic carbocycles. The van der Waals surface area contributed by atoms with Crippen LogP contribution in [0, 0.1) is 0 Å². The molecule has 2 rings (SSSR count). The number of piperazine rings is 1. The number of hydrogen-bond acceptors (Lipinski definition) is 3. The van der Waals surface area contributed by atoms with Crippen LogP contribution in [0.1, 0.15) is 26.7 Å². The summed E-state index contributed by atoms with van der Waals surface area (Å²) in [5, 5.41) is 2.63. The molecule has 0 aromatic heterocycles. The second-order valence-corrected chi connectivity index (χ2v) is 4.55. The van der Waals surface area contributed by atoms with Gasteiger partial charge < -0.3 is 15.0 Å². The normalized spacial score (nSPS) is 32.8. The topological polar surface area (TPSA) is 58.6 Å². The van der Waals surface area contributed by atoms with E-state index in [4.69, 9.17) is 4.74 Å². The van der Waals surface area contributed by atoms with Crippen molar-refractivity contribution >= 4 is 11.8 Å². The maximum Gasteiger partial charge on any atom is 0.245 e. The number of nitrogens with one attached hydrogen (secondary N) is 1. The monoisotopic (exact) mass is 226 g/mol. The second kappa shape index (κ2) is 4.41. The minimum Gasteiger partial charge on any atom is -0.376 e. The van der Waals surface area contributed by atoms with E-state index >= 15 is 0 Å². The van der Waals surface area contributed by atoms with Crippen LogP contribution in [0.25, 0.3) is 0 Å². The predicted octanol–water partition coefficient (Wildman–Crippen LogP) is -0.0992. The van der Waals surface area contributed by atoms with Gasteiger partial charge in [0, 0.05) is 6.61 Å². The molecule has 16 heavy (non-hydrogen) atoms. The number of carbonyl (C=O) groups is 2. The number of ether oxygens (including phenoxy) is 1. The summed E-state index contributed by atoms with van der Waals surface area (Å²) in [4.78, 5) is 25.0. The van der Waals surface area contributed by atoms with E-state index in [1.807, 2.05) is 6.92 Å². The Morgan fingerprint density at radius 1 is 1.50 bits per heavy atom. The first-order valence-corrected chi connectivity index (χ1v) is 5.81. The Bertz CT molecular complexity index is 300. The Labute approximate surface area is 95.1 Å². The Morgan fingerprint density at radius 2 is 2.25 bits per heavy atom. The van der Waals surface area contributed by atoms with Gasteiger partial charge in [-0.05, 0) is 26.7 Å². The van der Waals surface area contributed by atoms with E-state index in [1.54, 1.807) is 11.8 Å². The summed E-state index contributed by atoms with van der Waals surface area (Å²) in [6, 6.07) is -0.423. The third-order valence-electron chi connectivity index (χ3n) is 3.34. The lowest BCUT2D eigenvalue weighted by Gasteiger charge is -2.37. The first kappa shape index (κ1) is 11.4. The van der Waals surface area contributed by atoms with E-state index in [1.165, 1.54) is 0 Å². The van der Waals surface area contributed by atoms with Crippen LogP contribution in [-0.2, 0) is 14.3 Å². The zero-order valence-corrected chi connectivity index (χ0v) is 9.73. The lowest BCUT2D eigenvalue weighted by molar-refractivity contribution is -0.148. The minimum atomic E-state index is -0.412. The summed E-state index contributed by atoms with van der Waals surface area (Å²) in [5.74, 6) is -0.0976. The summed E-state index contributed by atoms with van der Waals surface area (Å²) >= 11 is 0. The highest BCUT2D eigenvalue weighted by Crippen LogP contribution is 2.21. The van der Waals surface area contributed by atoms with Gasteiger partial charge in [-0.25, -0.2) is 0 Å². The van der Waals surface area contributed by atoms with Crippen molar-refractivity contribution in [3.63, 3.8) is 0 Å². The molecule has 5 heteroatoms. The number of amides is 2. The van der Waals surface area contributed by atoms with Crippen LogP contribution in [-0.4, -0.2) is 48.1 Å². The number of carbonyl (C=O) groups excluding carboxylic acids is 2. The fourth-order valence-electron chi connectivity index (χ4n) is 2.36. The Morgan fingerprint density at radius 3 is 2.88 bits per heavy atom. The summed E-state index contributed by atoms with van der Waals surface area (Å²) < 4.78 is 5.56.